The maximum atomic E-state index is 12.3. The van der Waals surface area contributed by atoms with Crippen molar-refractivity contribution in [3.63, 3.8) is 0 Å². The van der Waals surface area contributed by atoms with Crippen LogP contribution in [0.1, 0.15) is 24.2 Å². The van der Waals surface area contributed by atoms with E-state index in [1.807, 2.05) is 42.5 Å². The van der Waals surface area contributed by atoms with Crippen molar-refractivity contribution in [3.05, 3.63) is 60.2 Å². The van der Waals surface area contributed by atoms with Gasteiger partial charge in [0.15, 0.2) is 0 Å². The van der Waals surface area contributed by atoms with E-state index < -0.39 is 0 Å². The molecular weight excluding hydrogens is 316 g/mol. The number of rotatable bonds is 6. The van der Waals surface area contributed by atoms with E-state index >= 15 is 0 Å². The second-order valence-electron chi connectivity index (χ2n) is 5.45. The third-order valence-electron chi connectivity index (χ3n) is 3.92. The molecule has 1 heterocycles. The second kappa shape index (κ2) is 7.61. The number of carbonyl (C=O) groups is 1. The Bertz CT molecular complexity index is 824. The van der Waals surface area contributed by atoms with Gasteiger partial charge in [0.2, 0.25) is 5.89 Å². The predicted octanol–water partition coefficient (Wildman–Crippen LogP) is 3.84. The first kappa shape index (κ1) is 16.7. The van der Waals surface area contributed by atoms with Crippen LogP contribution in [0.4, 0.5) is 11.7 Å². The molecule has 0 saturated carbocycles. The Kier molecular flexibility index (Phi) is 5.09. The zero-order valence-electron chi connectivity index (χ0n) is 14.3. The van der Waals surface area contributed by atoms with Gasteiger partial charge in [0.25, 0.3) is 5.91 Å². The molecule has 3 rings (SSSR count). The summed E-state index contributed by atoms with van der Waals surface area (Å²) in [6, 6.07) is 16.9. The summed E-state index contributed by atoms with van der Waals surface area (Å²) < 4.78 is 5.50. The Hall–Kier alpha value is -3.15. The first-order chi connectivity index (χ1) is 12.2. The van der Waals surface area contributed by atoms with Crippen LogP contribution in [-0.2, 0) is 0 Å². The number of hydrogen-bond donors (Lipinski definition) is 1. The van der Waals surface area contributed by atoms with Gasteiger partial charge in [0.05, 0.1) is 0 Å². The van der Waals surface area contributed by atoms with Gasteiger partial charge in [-0.3, -0.25) is 10.1 Å². The highest BCUT2D eigenvalue weighted by molar-refractivity contribution is 6.03. The van der Waals surface area contributed by atoms with Crippen LogP contribution in [0, 0.1) is 0 Å². The van der Waals surface area contributed by atoms with Gasteiger partial charge >= 0.3 is 6.01 Å². The minimum absolute atomic E-state index is 0.0803. The third-order valence-corrected chi connectivity index (χ3v) is 3.92. The molecular formula is C19H20N4O2. The van der Waals surface area contributed by atoms with Gasteiger partial charge in [0, 0.05) is 29.9 Å². The zero-order valence-corrected chi connectivity index (χ0v) is 14.3. The first-order valence-electron chi connectivity index (χ1n) is 8.26. The van der Waals surface area contributed by atoms with Crippen LogP contribution in [0.2, 0.25) is 0 Å². The average Bonchev–Trinajstić information content (AvgIpc) is 3.12. The van der Waals surface area contributed by atoms with Crippen molar-refractivity contribution in [3.8, 4) is 11.5 Å². The molecule has 0 saturated heterocycles. The van der Waals surface area contributed by atoms with E-state index in [1.54, 1.807) is 12.1 Å². The van der Waals surface area contributed by atoms with Crippen LogP contribution in [0.5, 0.6) is 0 Å². The summed E-state index contributed by atoms with van der Waals surface area (Å²) in [5.41, 5.74) is 2.43. The van der Waals surface area contributed by atoms with Crippen LogP contribution in [-0.4, -0.2) is 29.2 Å². The number of nitrogens with zero attached hydrogens (tertiary/aromatic N) is 3. The van der Waals surface area contributed by atoms with Gasteiger partial charge in [-0.1, -0.05) is 23.3 Å². The molecule has 1 amide bonds. The molecule has 6 nitrogen and oxygen atoms in total. The number of carbonyl (C=O) groups excluding carboxylic acids is 1. The molecule has 128 valence electrons. The van der Waals surface area contributed by atoms with Crippen LogP contribution >= 0.6 is 0 Å². The molecule has 0 fully saturated rings. The van der Waals surface area contributed by atoms with Crippen LogP contribution in [0.15, 0.2) is 59.0 Å². The molecule has 0 aliphatic rings. The fourth-order valence-corrected chi connectivity index (χ4v) is 2.55. The van der Waals surface area contributed by atoms with E-state index in [-0.39, 0.29) is 11.9 Å². The van der Waals surface area contributed by atoms with E-state index in [0.29, 0.717) is 11.5 Å². The lowest BCUT2D eigenvalue weighted by Gasteiger charge is -2.20. The van der Waals surface area contributed by atoms with Crippen LogP contribution in [0.25, 0.3) is 11.5 Å². The van der Waals surface area contributed by atoms with E-state index in [2.05, 4.69) is 34.3 Å². The number of nitrogens with one attached hydrogen (secondary N) is 1. The molecule has 0 bridgehead atoms. The molecule has 2 aromatic carbocycles. The summed E-state index contributed by atoms with van der Waals surface area (Å²) in [5, 5.41) is 10.5. The summed E-state index contributed by atoms with van der Waals surface area (Å²) in [6.45, 7) is 6.05. The van der Waals surface area contributed by atoms with E-state index in [0.717, 1.165) is 24.3 Å². The van der Waals surface area contributed by atoms with Gasteiger partial charge in [-0.25, -0.2) is 0 Å². The number of anilines is 2. The van der Waals surface area contributed by atoms with E-state index in [1.165, 1.54) is 0 Å². The summed E-state index contributed by atoms with van der Waals surface area (Å²) in [6.07, 6.45) is 0. The fraction of sp³-hybridized carbons (Fsp3) is 0.211. The fourth-order valence-electron chi connectivity index (χ4n) is 2.55. The van der Waals surface area contributed by atoms with Crippen LogP contribution in [0.3, 0.4) is 0 Å². The topological polar surface area (TPSA) is 71.3 Å². The third kappa shape index (κ3) is 3.85. The molecule has 6 heteroatoms. The van der Waals surface area contributed by atoms with Gasteiger partial charge in [-0.15, -0.1) is 5.10 Å². The number of aromatic nitrogens is 2. The lowest BCUT2D eigenvalue weighted by Crippen LogP contribution is -2.21. The molecule has 0 spiro atoms. The lowest BCUT2D eigenvalue weighted by atomic mass is 10.2. The first-order valence-corrected chi connectivity index (χ1v) is 8.26. The molecule has 0 radical (unpaired) electrons. The van der Waals surface area contributed by atoms with Crippen LogP contribution < -0.4 is 10.2 Å². The van der Waals surface area contributed by atoms with E-state index in [4.69, 9.17) is 4.42 Å². The molecule has 1 aromatic heterocycles. The molecule has 0 atom stereocenters. The van der Waals surface area contributed by atoms with Crippen molar-refractivity contribution in [2.24, 2.45) is 0 Å². The normalized spacial score (nSPS) is 10.5. The quantitative estimate of drug-likeness (QED) is 0.740. The highest BCUT2D eigenvalue weighted by Gasteiger charge is 2.13. The predicted molar refractivity (Wildman–Crippen MR) is 97.7 cm³/mol. The van der Waals surface area contributed by atoms with E-state index in [9.17, 15) is 4.79 Å². The molecule has 0 aliphatic heterocycles. The largest absolute Gasteiger partial charge is 0.403 e. The minimum Gasteiger partial charge on any atom is -0.403 e. The van der Waals surface area contributed by atoms with Gasteiger partial charge < -0.3 is 9.32 Å². The molecule has 3 aromatic rings. The molecule has 0 aliphatic carbocycles. The summed E-state index contributed by atoms with van der Waals surface area (Å²) in [4.78, 5) is 14.5. The Labute approximate surface area is 146 Å². The Morgan fingerprint density at radius 2 is 1.68 bits per heavy atom. The monoisotopic (exact) mass is 336 g/mol. The maximum absolute atomic E-state index is 12.3. The van der Waals surface area contributed by atoms with Crippen molar-refractivity contribution in [1.82, 2.24) is 10.2 Å². The second-order valence-corrected chi connectivity index (χ2v) is 5.45. The van der Waals surface area contributed by atoms with Gasteiger partial charge in [0.1, 0.15) is 0 Å². The average molecular weight is 336 g/mol. The Morgan fingerprint density at radius 1 is 1.00 bits per heavy atom. The summed E-state index contributed by atoms with van der Waals surface area (Å²) in [5.74, 6) is 0.0853. The maximum Gasteiger partial charge on any atom is 0.322 e. The van der Waals surface area contributed by atoms with Crippen molar-refractivity contribution >= 4 is 17.6 Å². The lowest BCUT2D eigenvalue weighted by molar-refractivity contribution is 0.102. The minimum atomic E-state index is -0.283. The Morgan fingerprint density at radius 3 is 2.32 bits per heavy atom. The summed E-state index contributed by atoms with van der Waals surface area (Å²) in [7, 11) is 0. The smallest absolute Gasteiger partial charge is 0.322 e. The van der Waals surface area contributed by atoms with Crippen molar-refractivity contribution < 1.29 is 9.21 Å². The SMILES string of the molecule is CCN(CC)c1ccc(C(=O)Nc2nnc(-c3ccccc3)o2)cc1. The van der Waals surface area contributed by atoms with Gasteiger partial charge in [-0.05, 0) is 50.2 Å². The Balaban J connectivity index is 1.69. The highest BCUT2D eigenvalue weighted by atomic mass is 16.4. The number of hydrogen-bond acceptors (Lipinski definition) is 5. The van der Waals surface area contributed by atoms with Gasteiger partial charge in [-0.2, -0.15) is 0 Å². The number of amides is 1. The molecule has 0 unspecified atom stereocenters. The highest BCUT2D eigenvalue weighted by Crippen LogP contribution is 2.20. The van der Waals surface area contributed by atoms with Crippen molar-refractivity contribution in [2.75, 3.05) is 23.3 Å². The molecule has 1 N–H and O–H groups in total. The number of benzene rings is 2. The van der Waals surface area contributed by atoms with Crippen molar-refractivity contribution in [1.29, 1.82) is 0 Å². The standard InChI is InChI=1S/C19H20N4O2/c1-3-23(4-2)16-12-10-14(11-13-16)17(24)20-19-22-21-18(25-19)15-8-6-5-7-9-15/h5-13H,3-4H2,1-2H3,(H,20,22,24). The zero-order chi connectivity index (χ0) is 17.6. The molecule has 25 heavy (non-hydrogen) atoms. The summed E-state index contributed by atoms with van der Waals surface area (Å²) >= 11 is 0. The van der Waals surface area contributed by atoms with Crippen molar-refractivity contribution in [2.45, 2.75) is 13.8 Å².